The van der Waals surface area contributed by atoms with Gasteiger partial charge in [-0.1, -0.05) is 33.0 Å². The van der Waals surface area contributed by atoms with Crippen molar-refractivity contribution in [1.82, 2.24) is 4.31 Å². The minimum Gasteiger partial charge on any atom is -0.392 e. The normalized spacial score (nSPS) is 23.2. The molecule has 1 aliphatic rings. The van der Waals surface area contributed by atoms with E-state index in [1.807, 2.05) is 0 Å². The number of hydrogen-bond acceptors (Lipinski definition) is 3. The number of rotatable bonds is 4. The maximum absolute atomic E-state index is 12.4. The number of sulfonamides is 1. The Bertz CT molecular complexity index is 390. The van der Waals surface area contributed by atoms with Crippen molar-refractivity contribution in [2.45, 2.75) is 45.3 Å². The van der Waals surface area contributed by atoms with Crippen molar-refractivity contribution in [3.63, 3.8) is 0 Å². The zero-order chi connectivity index (χ0) is 13.3. The third kappa shape index (κ3) is 3.39. The minimum atomic E-state index is -3.38. The van der Waals surface area contributed by atoms with Gasteiger partial charge in [0.05, 0.1) is 4.99 Å². The zero-order valence-electron chi connectivity index (χ0n) is 10.8. The maximum Gasteiger partial charge on any atom is 0.223 e. The molecule has 0 amide bonds. The first-order valence-corrected chi connectivity index (χ1v) is 7.90. The third-order valence-corrected chi connectivity index (χ3v) is 6.04. The van der Waals surface area contributed by atoms with Gasteiger partial charge < -0.3 is 5.73 Å². The lowest BCUT2D eigenvalue weighted by Crippen LogP contribution is -2.50. The van der Waals surface area contributed by atoms with Crippen LogP contribution in [0.1, 0.15) is 40.0 Å². The van der Waals surface area contributed by atoms with E-state index in [2.05, 4.69) is 13.8 Å². The Kier molecular flexibility index (Phi) is 4.54. The lowest BCUT2D eigenvalue weighted by atomic mass is 9.85. The van der Waals surface area contributed by atoms with Crippen molar-refractivity contribution in [1.29, 1.82) is 0 Å². The number of nitrogens with zero attached hydrogens (tertiary/aromatic N) is 1. The second-order valence-electron chi connectivity index (χ2n) is 5.45. The van der Waals surface area contributed by atoms with Gasteiger partial charge in [0, 0.05) is 13.1 Å². The summed E-state index contributed by atoms with van der Waals surface area (Å²) in [5, 5.41) is -0.716. The van der Waals surface area contributed by atoms with Crippen molar-refractivity contribution < 1.29 is 8.42 Å². The van der Waals surface area contributed by atoms with Crippen molar-refractivity contribution in [2.75, 3.05) is 13.1 Å². The molecule has 1 aliphatic heterocycles. The molecule has 0 radical (unpaired) electrons. The molecule has 0 aromatic carbocycles. The van der Waals surface area contributed by atoms with E-state index in [1.165, 1.54) is 0 Å². The molecular formula is C11H22N2O2S2. The summed E-state index contributed by atoms with van der Waals surface area (Å²) in [5.41, 5.74) is 5.57. The van der Waals surface area contributed by atoms with Crippen molar-refractivity contribution in [3.8, 4) is 0 Å². The highest BCUT2D eigenvalue weighted by Gasteiger charge is 2.38. The summed E-state index contributed by atoms with van der Waals surface area (Å²) in [7, 11) is -3.38. The fourth-order valence-electron chi connectivity index (χ4n) is 2.33. The summed E-state index contributed by atoms with van der Waals surface area (Å²) in [6.07, 6.45) is 2.40. The molecule has 0 aromatic heterocycles. The Morgan fingerprint density at radius 1 is 1.53 bits per heavy atom. The molecule has 100 valence electrons. The summed E-state index contributed by atoms with van der Waals surface area (Å²) < 4.78 is 26.4. The highest BCUT2D eigenvalue weighted by molar-refractivity contribution is 7.92. The van der Waals surface area contributed by atoms with Crippen LogP contribution in [0.2, 0.25) is 0 Å². The molecule has 0 spiro atoms. The Labute approximate surface area is 110 Å². The molecule has 1 unspecified atom stereocenters. The van der Waals surface area contributed by atoms with Crippen LogP contribution in [-0.4, -0.2) is 36.1 Å². The lowest BCUT2D eigenvalue weighted by Gasteiger charge is -2.38. The molecule has 17 heavy (non-hydrogen) atoms. The van der Waals surface area contributed by atoms with Crippen LogP contribution >= 0.6 is 12.2 Å². The fraction of sp³-hybridized carbons (Fsp3) is 0.909. The van der Waals surface area contributed by atoms with E-state index >= 15 is 0 Å². The van der Waals surface area contributed by atoms with E-state index in [-0.39, 0.29) is 10.4 Å². The van der Waals surface area contributed by atoms with Gasteiger partial charge in [-0.05, 0) is 24.7 Å². The molecule has 4 nitrogen and oxygen atoms in total. The van der Waals surface area contributed by atoms with Gasteiger partial charge in [-0.2, -0.15) is 0 Å². The van der Waals surface area contributed by atoms with Gasteiger partial charge in [-0.25, -0.2) is 12.7 Å². The highest BCUT2D eigenvalue weighted by atomic mass is 32.2. The van der Waals surface area contributed by atoms with Crippen LogP contribution in [0.25, 0.3) is 0 Å². The number of hydrogen-bond donors (Lipinski definition) is 1. The van der Waals surface area contributed by atoms with Crippen LogP contribution in [0.15, 0.2) is 0 Å². The molecule has 1 heterocycles. The summed E-state index contributed by atoms with van der Waals surface area (Å²) >= 11 is 4.86. The SMILES string of the molecule is CCC(C(N)=S)S(=O)(=O)N1CCCC(C)(C)C1. The van der Waals surface area contributed by atoms with E-state index in [0.29, 0.717) is 19.5 Å². The molecule has 1 rings (SSSR count). The standard InChI is InChI=1S/C11H22N2O2S2/c1-4-9(10(12)16)17(14,15)13-7-5-6-11(2,3)8-13/h9H,4-8H2,1-3H3,(H2,12,16). The first-order valence-electron chi connectivity index (χ1n) is 5.99. The molecule has 1 saturated heterocycles. The zero-order valence-corrected chi connectivity index (χ0v) is 12.4. The van der Waals surface area contributed by atoms with Crippen LogP contribution in [0.4, 0.5) is 0 Å². The van der Waals surface area contributed by atoms with Crippen LogP contribution < -0.4 is 5.73 Å². The quantitative estimate of drug-likeness (QED) is 0.792. The van der Waals surface area contributed by atoms with Gasteiger partial charge in [-0.3, -0.25) is 0 Å². The predicted octanol–water partition coefficient (Wildman–Crippen LogP) is 1.50. The second kappa shape index (κ2) is 5.20. The van der Waals surface area contributed by atoms with Crippen molar-refractivity contribution in [2.24, 2.45) is 11.1 Å². The van der Waals surface area contributed by atoms with E-state index < -0.39 is 15.3 Å². The Morgan fingerprint density at radius 3 is 2.53 bits per heavy atom. The number of thiocarbonyl (C=S) groups is 1. The average Bonchev–Trinajstić information content (AvgIpc) is 2.15. The second-order valence-corrected chi connectivity index (χ2v) is 8.03. The summed E-state index contributed by atoms with van der Waals surface area (Å²) in [5.74, 6) is 0. The minimum absolute atomic E-state index is 0.0415. The van der Waals surface area contributed by atoms with Crippen molar-refractivity contribution in [3.05, 3.63) is 0 Å². The molecule has 1 fully saturated rings. The summed E-state index contributed by atoms with van der Waals surface area (Å²) in [4.78, 5) is 0.0795. The first kappa shape index (κ1) is 14.9. The van der Waals surface area contributed by atoms with E-state index in [9.17, 15) is 8.42 Å². The van der Waals surface area contributed by atoms with Gasteiger partial charge in [0.1, 0.15) is 5.25 Å². The van der Waals surface area contributed by atoms with E-state index in [4.69, 9.17) is 18.0 Å². The van der Waals surface area contributed by atoms with Gasteiger partial charge >= 0.3 is 0 Å². The Hall–Kier alpha value is -0.200. The molecule has 0 aromatic rings. The lowest BCUT2D eigenvalue weighted by molar-refractivity contribution is 0.186. The largest absolute Gasteiger partial charge is 0.392 e. The average molecular weight is 278 g/mol. The van der Waals surface area contributed by atoms with Crippen LogP contribution in [-0.2, 0) is 10.0 Å². The van der Waals surface area contributed by atoms with E-state index in [0.717, 1.165) is 12.8 Å². The summed E-state index contributed by atoms with van der Waals surface area (Å²) in [6.45, 7) is 7.14. The summed E-state index contributed by atoms with van der Waals surface area (Å²) in [6, 6.07) is 0. The van der Waals surface area contributed by atoms with Crippen LogP contribution in [0.5, 0.6) is 0 Å². The molecule has 0 saturated carbocycles. The molecular weight excluding hydrogens is 256 g/mol. The van der Waals surface area contributed by atoms with Gasteiger partial charge in [0.25, 0.3) is 0 Å². The van der Waals surface area contributed by atoms with Gasteiger partial charge in [-0.15, -0.1) is 0 Å². The topological polar surface area (TPSA) is 63.4 Å². The molecule has 0 bridgehead atoms. The van der Waals surface area contributed by atoms with Crippen LogP contribution in [0, 0.1) is 5.41 Å². The number of piperidine rings is 1. The molecule has 1 atom stereocenters. The fourth-order valence-corrected chi connectivity index (χ4v) is 4.84. The molecule has 6 heteroatoms. The smallest absolute Gasteiger partial charge is 0.223 e. The molecule has 0 aliphatic carbocycles. The van der Waals surface area contributed by atoms with Crippen molar-refractivity contribution >= 4 is 27.2 Å². The van der Waals surface area contributed by atoms with E-state index in [1.54, 1.807) is 11.2 Å². The highest BCUT2D eigenvalue weighted by Crippen LogP contribution is 2.31. The predicted molar refractivity (Wildman–Crippen MR) is 74.4 cm³/mol. The molecule has 2 N–H and O–H groups in total. The van der Waals surface area contributed by atoms with Gasteiger partial charge in [0.2, 0.25) is 10.0 Å². The maximum atomic E-state index is 12.4. The monoisotopic (exact) mass is 278 g/mol. The third-order valence-electron chi connectivity index (χ3n) is 3.27. The van der Waals surface area contributed by atoms with Crippen LogP contribution in [0.3, 0.4) is 0 Å². The van der Waals surface area contributed by atoms with Gasteiger partial charge in [0.15, 0.2) is 0 Å². The first-order chi connectivity index (χ1) is 7.70. The number of nitrogens with two attached hydrogens (primary N) is 1. The Morgan fingerprint density at radius 2 is 2.12 bits per heavy atom. The Balaban J connectivity index is 2.94.